The largest absolute Gasteiger partial charge is 0.352 e. The van der Waals surface area contributed by atoms with Crippen LogP contribution in [-0.4, -0.2) is 17.6 Å². The van der Waals surface area contributed by atoms with Gasteiger partial charge in [0.1, 0.15) is 11.0 Å². The highest BCUT2D eigenvalue weighted by Gasteiger charge is 2.26. The SMILES string of the molecule is CC1CCC(C)N(c2nc(Cl)c(Cl)cc2Cl)C1. The molecular weight excluding hydrogens is 279 g/mol. The zero-order valence-electron chi connectivity index (χ0n) is 9.88. The van der Waals surface area contributed by atoms with Gasteiger partial charge in [0.15, 0.2) is 0 Å². The van der Waals surface area contributed by atoms with Gasteiger partial charge in [-0.1, -0.05) is 41.7 Å². The van der Waals surface area contributed by atoms with Crippen LogP contribution in [0.3, 0.4) is 0 Å². The predicted molar refractivity (Wildman–Crippen MR) is 74.5 cm³/mol. The van der Waals surface area contributed by atoms with Gasteiger partial charge in [-0.05, 0) is 31.7 Å². The molecule has 94 valence electrons. The number of halogens is 3. The molecule has 0 amide bonds. The molecule has 1 aromatic rings. The van der Waals surface area contributed by atoms with Gasteiger partial charge in [-0.3, -0.25) is 0 Å². The van der Waals surface area contributed by atoms with Crippen molar-refractivity contribution in [1.29, 1.82) is 0 Å². The van der Waals surface area contributed by atoms with E-state index in [4.69, 9.17) is 34.8 Å². The van der Waals surface area contributed by atoms with Gasteiger partial charge in [-0.25, -0.2) is 4.98 Å². The third-order valence-corrected chi connectivity index (χ3v) is 4.21. The minimum Gasteiger partial charge on any atom is -0.352 e. The molecule has 2 unspecified atom stereocenters. The lowest BCUT2D eigenvalue weighted by Gasteiger charge is -2.38. The van der Waals surface area contributed by atoms with Gasteiger partial charge in [-0.15, -0.1) is 0 Å². The molecule has 1 fully saturated rings. The first-order chi connectivity index (χ1) is 7.99. The molecule has 0 bridgehead atoms. The highest BCUT2D eigenvalue weighted by atomic mass is 35.5. The molecular formula is C12H15Cl3N2. The Bertz CT molecular complexity index is 422. The van der Waals surface area contributed by atoms with E-state index < -0.39 is 0 Å². The first kappa shape index (κ1) is 13.3. The number of rotatable bonds is 1. The average Bonchev–Trinajstić information content (AvgIpc) is 2.27. The standard InChI is InChI=1S/C12H15Cl3N2/c1-7-3-4-8(2)17(6-7)12-10(14)5-9(13)11(15)16-12/h5,7-8H,3-4,6H2,1-2H3. The molecule has 0 saturated carbocycles. The Morgan fingerprint density at radius 1 is 1.18 bits per heavy atom. The van der Waals surface area contributed by atoms with E-state index in [0.717, 1.165) is 18.8 Å². The molecule has 1 aliphatic heterocycles. The van der Waals surface area contributed by atoms with Crippen molar-refractivity contribution < 1.29 is 0 Å². The Hall–Kier alpha value is -0.180. The van der Waals surface area contributed by atoms with Crippen molar-refractivity contribution >= 4 is 40.6 Å². The summed E-state index contributed by atoms with van der Waals surface area (Å²) in [5.41, 5.74) is 0. The van der Waals surface area contributed by atoms with E-state index in [2.05, 4.69) is 23.7 Å². The van der Waals surface area contributed by atoms with Crippen molar-refractivity contribution in [2.45, 2.75) is 32.7 Å². The van der Waals surface area contributed by atoms with Crippen molar-refractivity contribution in [2.75, 3.05) is 11.4 Å². The van der Waals surface area contributed by atoms with Crippen LogP contribution in [0.4, 0.5) is 5.82 Å². The van der Waals surface area contributed by atoms with Gasteiger partial charge < -0.3 is 4.90 Å². The van der Waals surface area contributed by atoms with Gasteiger partial charge in [-0.2, -0.15) is 0 Å². The van der Waals surface area contributed by atoms with Crippen LogP contribution in [0.1, 0.15) is 26.7 Å². The van der Waals surface area contributed by atoms with Crippen LogP contribution in [0.2, 0.25) is 15.2 Å². The Morgan fingerprint density at radius 2 is 1.88 bits per heavy atom. The van der Waals surface area contributed by atoms with Crippen molar-refractivity contribution in [1.82, 2.24) is 4.98 Å². The number of hydrogen-bond acceptors (Lipinski definition) is 2. The quantitative estimate of drug-likeness (QED) is 0.700. The topological polar surface area (TPSA) is 16.1 Å². The second kappa shape index (κ2) is 5.21. The molecule has 0 spiro atoms. The molecule has 1 aliphatic rings. The first-order valence-corrected chi connectivity index (χ1v) is 6.90. The summed E-state index contributed by atoms with van der Waals surface area (Å²) < 4.78 is 0. The molecule has 2 nitrogen and oxygen atoms in total. The van der Waals surface area contributed by atoms with Gasteiger partial charge in [0.25, 0.3) is 0 Å². The summed E-state index contributed by atoms with van der Waals surface area (Å²) in [6.07, 6.45) is 2.40. The second-order valence-electron chi connectivity index (χ2n) is 4.75. The maximum absolute atomic E-state index is 6.20. The monoisotopic (exact) mass is 292 g/mol. The molecule has 17 heavy (non-hydrogen) atoms. The zero-order valence-corrected chi connectivity index (χ0v) is 12.1. The molecule has 0 N–H and O–H groups in total. The highest BCUT2D eigenvalue weighted by Crippen LogP contribution is 2.35. The van der Waals surface area contributed by atoms with E-state index in [1.54, 1.807) is 6.07 Å². The number of hydrogen-bond donors (Lipinski definition) is 0. The fourth-order valence-electron chi connectivity index (χ4n) is 2.22. The van der Waals surface area contributed by atoms with Crippen LogP contribution in [0, 0.1) is 5.92 Å². The van der Waals surface area contributed by atoms with Crippen molar-refractivity contribution in [3.05, 3.63) is 21.3 Å². The summed E-state index contributed by atoms with van der Waals surface area (Å²) in [6.45, 7) is 5.39. The third kappa shape index (κ3) is 2.81. The minimum atomic E-state index is 0.316. The Kier molecular flexibility index (Phi) is 4.06. The summed E-state index contributed by atoms with van der Waals surface area (Å²) in [5.74, 6) is 1.40. The molecule has 5 heteroatoms. The highest BCUT2D eigenvalue weighted by molar-refractivity contribution is 6.42. The number of piperidine rings is 1. The van der Waals surface area contributed by atoms with Crippen molar-refractivity contribution in [3.8, 4) is 0 Å². The van der Waals surface area contributed by atoms with Gasteiger partial charge in [0.05, 0.1) is 10.0 Å². The molecule has 2 heterocycles. The number of aromatic nitrogens is 1. The van der Waals surface area contributed by atoms with Crippen LogP contribution in [-0.2, 0) is 0 Å². The molecule has 0 aromatic carbocycles. The van der Waals surface area contributed by atoms with E-state index >= 15 is 0 Å². The molecule has 0 radical (unpaired) electrons. The maximum atomic E-state index is 6.20. The fraction of sp³-hybridized carbons (Fsp3) is 0.583. The van der Waals surface area contributed by atoms with E-state index in [1.807, 2.05) is 0 Å². The van der Waals surface area contributed by atoms with E-state index in [1.165, 1.54) is 6.42 Å². The molecule has 1 saturated heterocycles. The van der Waals surface area contributed by atoms with Crippen molar-refractivity contribution in [3.63, 3.8) is 0 Å². The summed E-state index contributed by atoms with van der Waals surface area (Å²) in [6, 6.07) is 2.10. The molecule has 0 aliphatic carbocycles. The number of nitrogens with zero attached hydrogens (tertiary/aromatic N) is 2. The van der Waals surface area contributed by atoms with E-state index in [0.29, 0.717) is 27.2 Å². The van der Waals surface area contributed by atoms with Gasteiger partial charge >= 0.3 is 0 Å². The first-order valence-electron chi connectivity index (χ1n) is 5.77. The summed E-state index contributed by atoms with van der Waals surface area (Å²) in [4.78, 5) is 6.53. The summed E-state index contributed by atoms with van der Waals surface area (Å²) in [5, 5.41) is 1.29. The maximum Gasteiger partial charge on any atom is 0.150 e. The Balaban J connectivity index is 2.35. The molecule has 2 atom stereocenters. The smallest absolute Gasteiger partial charge is 0.150 e. The minimum absolute atomic E-state index is 0.316. The lowest BCUT2D eigenvalue weighted by atomic mass is 9.95. The van der Waals surface area contributed by atoms with Crippen LogP contribution in [0.25, 0.3) is 0 Å². The van der Waals surface area contributed by atoms with E-state index in [9.17, 15) is 0 Å². The third-order valence-electron chi connectivity index (χ3n) is 3.26. The number of pyridine rings is 1. The number of anilines is 1. The predicted octanol–water partition coefficient (Wildman–Crippen LogP) is 4.67. The average molecular weight is 294 g/mol. The van der Waals surface area contributed by atoms with Gasteiger partial charge in [0, 0.05) is 12.6 Å². The lowest BCUT2D eigenvalue weighted by molar-refractivity contribution is 0.388. The van der Waals surface area contributed by atoms with Crippen LogP contribution in [0.5, 0.6) is 0 Å². The summed E-state index contributed by atoms with van der Waals surface area (Å²) in [7, 11) is 0. The van der Waals surface area contributed by atoms with Crippen LogP contribution in [0.15, 0.2) is 6.07 Å². The van der Waals surface area contributed by atoms with E-state index in [-0.39, 0.29) is 0 Å². The second-order valence-corrected chi connectivity index (χ2v) is 5.92. The molecule has 2 rings (SSSR count). The summed E-state index contributed by atoms with van der Waals surface area (Å²) >= 11 is 18.1. The lowest BCUT2D eigenvalue weighted by Crippen LogP contribution is -2.41. The zero-order chi connectivity index (χ0) is 12.6. The van der Waals surface area contributed by atoms with Gasteiger partial charge in [0.2, 0.25) is 0 Å². The fourth-order valence-corrected chi connectivity index (χ4v) is 2.82. The van der Waals surface area contributed by atoms with Crippen LogP contribution < -0.4 is 4.90 Å². The van der Waals surface area contributed by atoms with Crippen LogP contribution >= 0.6 is 34.8 Å². The Morgan fingerprint density at radius 3 is 2.59 bits per heavy atom. The molecule has 1 aromatic heterocycles. The van der Waals surface area contributed by atoms with Crippen molar-refractivity contribution in [2.24, 2.45) is 5.92 Å². The normalized spacial score (nSPS) is 25.1. The Labute approximate surface area is 117 Å².